The van der Waals surface area contributed by atoms with Crippen molar-refractivity contribution in [2.75, 3.05) is 33.1 Å². The molecule has 10 heteroatoms. The van der Waals surface area contributed by atoms with Crippen LogP contribution in [0, 0.1) is 17.2 Å². The average molecular weight is 490 g/mol. The second-order valence-electron chi connectivity index (χ2n) is 9.48. The van der Waals surface area contributed by atoms with Crippen molar-refractivity contribution in [2.24, 2.45) is 11.3 Å². The van der Waals surface area contributed by atoms with Gasteiger partial charge in [0.2, 0.25) is 5.75 Å². The van der Waals surface area contributed by atoms with Crippen LogP contribution in [-0.2, 0) is 4.74 Å². The third-order valence-electron chi connectivity index (χ3n) is 7.01. The number of thioether (sulfide) groups is 1. The number of carbonyl (C=O) groups excluding carboxylic acids is 1. The summed E-state index contributed by atoms with van der Waals surface area (Å²) in [7, 11) is 1.47. The van der Waals surface area contributed by atoms with Gasteiger partial charge in [0.15, 0.2) is 11.6 Å². The van der Waals surface area contributed by atoms with Gasteiger partial charge in [-0.2, -0.15) is 9.97 Å². The molecule has 5 rings (SSSR count). The Kier molecular flexibility index (Phi) is 5.95. The zero-order valence-corrected chi connectivity index (χ0v) is 20.3. The van der Waals surface area contributed by atoms with Gasteiger partial charge in [-0.3, -0.25) is 0 Å². The lowest BCUT2D eigenvalue weighted by Crippen LogP contribution is -2.42. The van der Waals surface area contributed by atoms with Crippen LogP contribution in [0.1, 0.15) is 32.6 Å². The maximum Gasteiger partial charge on any atom is 0.410 e. The number of fused-ring (bicyclic) bond motifs is 1. The van der Waals surface area contributed by atoms with E-state index in [9.17, 15) is 9.18 Å². The zero-order chi connectivity index (χ0) is 23.9. The van der Waals surface area contributed by atoms with Gasteiger partial charge in [0.1, 0.15) is 11.9 Å². The van der Waals surface area contributed by atoms with E-state index in [2.05, 4.69) is 9.97 Å². The molecule has 2 atom stereocenters. The number of ether oxygens (including phenoxy) is 4. The number of aromatic nitrogens is 2. The fourth-order valence-electron chi connectivity index (χ4n) is 4.38. The molecule has 2 saturated carbocycles. The van der Waals surface area contributed by atoms with Gasteiger partial charge < -0.3 is 23.8 Å². The smallest absolute Gasteiger partial charge is 0.410 e. The molecule has 1 amide bonds. The van der Waals surface area contributed by atoms with Crippen LogP contribution in [-0.4, -0.2) is 59.6 Å². The average Bonchev–Trinajstić information content (AvgIpc) is 3.74. The Morgan fingerprint density at radius 1 is 1.26 bits per heavy atom. The summed E-state index contributed by atoms with van der Waals surface area (Å²) in [5.74, 6) is 0.463. The number of hydrogen-bond donors (Lipinski definition) is 0. The Morgan fingerprint density at radius 3 is 2.74 bits per heavy atom. The molecule has 1 aliphatic heterocycles. The molecule has 0 N–H and O–H groups in total. The van der Waals surface area contributed by atoms with E-state index in [0.29, 0.717) is 25.6 Å². The van der Waals surface area contributed by atoms with Gasteiger partial charge in [-0.25, -0.2) is 9.18 Å². The van der Waals surface area contributed by atoms with Crippen molar-refractivity contribution in [3.8, 4) is 23.3 Å². The first kappa shape index (κ1) is 23.0. The van der Waals surface area contributed by atoms with Crippen molar-refractivity contribution in [3.05, 3.63) is 30.3 Å². The Hall–Kier alpha value is -2.75. The van der Waals surface area contributed by atoms with E-state index in [0.717, 1.165) is 30.6 Å². The normalized spacial score (nSPS) is 24.1. The number of methoxy groups -OCH3 is 1. The molecule has 0 bridgehead atoms. The van der Waals surface area contributed by atoms with Gasteiger partial charge in [-0.1, -0.05) is 0 Å². The first-order valence-electron chi connectivity index (χ1n) is 11.4. The first-order valence-corrected chi connectivity index (χ1v) is 12.6. The van der Waals surface area contributed by atoms with Gasteiger partial charge in [0, 0.05) is 23.4 Å². The lowest BCUT2D eigenvalue weighted by Gasteiger charge is -2.31. The largest absolute Gasteiger partial charge is 0.487 e. The standard InChI is InChI=1S/C24H28FN3O5S/c1-23(6-7-23)33-22(29)28-9-8-24(11-15(24)12-28)13-31-20-19(30-2)21(27-14-26-20)32-18-5-4-16(34-3)10-17(18)25/h4-5,10,14-15H,6-9,11-13H2,1-3H3. The van der Waals surface area contributed by atoms with Crippen LogP contribution in [0.25, 0.3) is 0 Å². The summed E-state index contributed by atoms with van der Waals surface area (Å²) in [6, 6.07) is 4.73. The van der Waals surface area contributed by atoms with E-state index >= 15 is 0 Å². The molecule has 2 unspecified atom stereocenters. The molecule has 2 aromatic rings. The number of carbonyl (C=O) groups is 1. The number of rotatable bonds is 8. The lowest BCUT2D eigenvalue weighted by atomic mass is 9.96. The number of piperidine rings is 1. The Labute approximate surface area is 202 Å². The number of amides is 1. The number of likely N-dealkylation sites (tertiary alicyclic amines) is 1. The number of benzene rings is 1. The SMILES string of the molecule is COc1c(OCC23CCN(C(=O)OC4(C)CC4)CC2C3)ncnc1Oc1ccc(SC)cc1F. The number of halogens is 1. The molecule has 3 aliphatic rings. The summed E-state index contributed by atoms with van der Waals surface area (Å²) < 4.78 is 37.2. The quantitative estimate of drug-likeness (QED) is 0.484. The summed E-state index contributed by atoms with van der Waals surface area (Å²) in [4.78, 5) is 23.3. The lowest BCUT2D eigenvalue weighted by molar-refractivity contribution is 0.0438. The van der Waals surface area contributed by atoms with Crippen molar-refractivity contribution in [1.82, 2.24) is 14.9 Å². The number of nitrogens with zero attached hydrogens (tertiary/aromatic N) is 3. The fraction of sp³-hybridized carbons (Fsp3) is 0.542. The summed E-state index contributed by atoms with van der Waals surface area (Å²) in [5, 5.41) is 0. The Bertz CT molecular complexity index is 1100. The van der Waals surface area contributed by atoms with Crippen LogP contribution in [0.4, 0.5) is 9.18 Å². The molecule has 2 heterocycles. The molecule has 1 aromatic carbocycles. The zero-order valence-electron chi connectivity index (χ0n) is 19.5. The van der Waals surface area contributed by atoms with Gasteiger partial charge in [0.25, 0.3) is 11.8 Å². The van der Waals surface area contributed by atoms with Crippen molar-refractivity contribution in [3.63, 3.8) is 0 Å². The molecular weight excluding hydrogens is 461 g/mol. The summed E-state index contributed by atoms with van der Waals surface area (Å²) in [5.41, 5.74) is -0.251. The fourth-order valence-corrected chi connectivity index (χ4v) is 4.80. The summed E-state index contributed by atoms with van der Waals surface area (Å²) in [6.07, 6.45) is 6.68. The molecule has 8 nitrogen and oxygen atoms in total. The van der Waals surface area contributed by atoms with Crippen molar-refractivity contribution in [1.29, 1.82) is 0 Å². The van der Waals surface area contributed by atoms with E-state index in [4.69, 9.17) is 18.9 Å². The highest BCUT2D eigenvalue weighted by Crippen LogP contribution is 2.58. The maximum atomic E-state index is 14.4. The Morgan fingerprint density at radius 2 is 2.06 bits per heavy atom. The molecule has 0 spiro atoms. The minimum atomic E-state index is -0.490. The third kappa shape index (κ3) is 4.60. The van der Waals surface area contributed by atoms with E-state index in [-0.39, 0.29) is 40.4 Å². The van der Waals surface area contributed by atoms with Crippen LogP contribution < -0.4 is 14.2 Å². The highest BCUT2D eigenvalue weighted by molar-refractivity contribution is 7.98. The van der Waals surface area contributed by atoms with Crippen molar-refractivity contribution < 1.29 is 28.1 Å². The molecule has 1 aromatic heterocycles. The molecule has 0 radical (unpaired) electrons. The molecule has 34 heavy (non-hydrogen) atoms. The second kappa shape index (κ2) is 8.79. The number of hydrogen-bond acceptors (Lipinski definition) is 8. The van der Waals surface area contributed by atoms with Gasteiger partial charge in [-0.05, 0) is 63.0 Å². The van der Waals surface area contributed by atoms with Crippen LogP contribution in [0.15, 0.2) is 29.4 Å². The molecular formula is C24H28FN3O5S. The van der Waals surface area contributed by atoms with Gasteiger partial charge in [0.05, 0.1) is 13.7 Å². The highest BCUT2D eigenvalue weighted by atomic mass is 32.2. The van der Waals surface area contributed by atoms with E-state index < -0.39 is 5.82 Å². The van der Waals surface area contributed by atoms with Crippen molar-refractivity contribution in [2.45, 2.75) is 43.1 Å². The molecule has 1 saturated heterocycles. The topological polar surface area (TPSA) is 83.0 Å². The van der Waals surface area contributed by atoms with Gasteiger partial charge >= 0.3 is 6.09 Å². The van der Waals surface area contributed by atoms with Crippen LogP contribution in [0.3, 0.4) is 0 Å². The first-order chi connectivity index (χ1) is 16.3. The van der Waals surface area contributed by atoms with Crippen LogP contribution in [0.5, 0.6) is 23.3 Å². The Balaban J connectivity index is 1.22. The molecule has 3 fully saturated rings. The summed E-state index contributed by atoms with van der Waals surface area (Å²) in [6.45, 7) is 3.75. The van der Waals surface area contributed by atoms with Crippen molar-refractivity contribution >= 4 is 17.9 Å². The predicted molar refractivity (Wildman–Crippen MR) is 123 cm³/mol. The van der Waals surface area contributed by atoms with Crippen LogP contribution >= 0.6 is 11.8 Å². The molecule has 182 valence electrons. The summed E-state index contributed by atoms with van der Waals surface area (Å²) >= 11 is 1.44. The van der Waals surface area contributed by atoms with E-state index in [1.54, 1.807) is 12.1 Å². The second-order valence-corrected chi connectivity index (χ2v) is 10.4. The predicted octanol–water partition coefficient (Wildman–Crippen LogP) is 4.92. The maximum absolute atomic E-state index is 14.4. The van der Waals surface area contributed by atoms with Crippen LogP contribution in [0.2, 0.25) is 0 Å². The highest BCUT2D eigenvalue weighted by Gasteiger charge is 2.58. The minimum Gasteiger partial charge on any atom is -0.487 e. The third-order valence-corrected chi connectivity index (χ3v) is 7.74. The molecule has 2 aliphatic carbocycles. The van der Waals surface area contributed by atoms with Gasteiger partial charge in [-0.15, -0.1) is 11.8 Å². The van der Waals surface area contributed by atoms with E-state index in [1.165, 1.54) is 31.3 Å². The minimum absolute atomic E-state index is 0.0109. The van der Waals surface area contributed by atoms with E-state index in [1.807, 2.05) is 18.1 Å². The monoisotopic (exact) mass is 489 g/mol.